The van der Waals surface area contributed by atoms with Crippen LogP contribution in [0.4, 0.5) is 10.2 Å². The van der Waals surface area contributed by atoms with Crippen molar-refractivity contribution in [2.75, 3.05) is 12.8 Å². The number of fused-ring (bicyclic) bond motifs is 1. The number of nitrogens with zero attached hydrogens (tertiary/aromatic N) is 1. The molecule has 3 rings (SSSR count). The molecule has 21 heavy (non-hydrogen) atoms. The van der Waals surface area contributed by atoms with Gasteiger partial charge in [-0.2, -0.15) is 0 Å². The van der Waals surface area contributed by atoms with Crippen molar-refractivity contribution in [1.29, 1.82) is 0 Å². The average molecular weight is 284 g/mol. The van der Waals surface area contributed by atoms with E-state index in [4.69, 9.17) is 10.5 Å². The number of pyridine rings is 1. The van der Waals surface area contributed by atoms with Crippen LogP contribution in [-0.4, -0.2) is 11.7 Å². The fraction of sp³-hybridized carbons (Fsp3) is 0.0625. The Kier molecular flexibility index (Phi) is 3.10. The minimum absolute atomic E-state index is 0.0719. The Bertz CT molecular complexity index is 887. The number of ether oxygens (including phenoxy) is 1. The molecular weight excluding hydrogens is 271 g/mol. The lowest BCUT2D eigenvalue weighted by Gasteiger charge is -2.13. The van der Waals surface area contributed by atoms with Crippen LogP contribution in [-0.2, 0) is 0 Å². The second-order valence-electron chi connectivity index (χ2n) is 4.61. The number of nitrogens with two attached hydrogens (primary N) is 1. The molecule has 2 N–H and O–H groups in total. The van der Waals surface area contributed by atoms with E-state index in [0.717, 1.165) is 9.95 Å². The summed E-state index contributed by atoms with van der Waals surface area (Å²) < 4.78 is 20.3. The average Bonchev–Trinajstić information content (AvgIpc) is 2.49. The van der Waals surface area contributed by atoms with Crippen LogP contribution in [0.1, 0.15) is 0 Å². The van der Waals surface area contributed by atoms with Crippen molar-refractivity contribution in [2.24, 2.45) is 0 Å². The molecular formula is C16H13FN2O2. The van der Waals surface area contributed by atoms with E-state index in [-0.39, 0.29) is 17.1 Å². The molecule has 0 radical (unpaired) electrons. The minimum atomic E-state index is -0.542. The molecule has 2 aromatic carbocycles. The Morgan fingerprint density at radius 3 is 2.67 bits per heavy atom. The lowest BCUT2D eigenvalue weighted by molar-refractivity contribution is 0.413. The molecule has 0 bridgehead atoms. The van der Waals surface area contributed by atoms with Crippen molar-refractivity contribution in [1.82, 2.24) is 4.57 Å². The van der Waals surface area contributed by atoms with Gasteiger partial charge in [-0.3, -0.25) is 9.36 Å². The summed E-state index contributed by atoms with van der Waals surface area (Å²) in [4.78, 5) is 12.6. The van der Waals surface area contributed by atoms with Gasteiger partial charge in [0.2, 0.25) is 0 Å². The Hall–Kier alpha value is -2.82. The molecule has 0 spiro atoms. The highest BCUT2D eigenvalue weighted by Gasteiger charge is 2.13. The SMILES string of the molecule is COc1ccc(F)c(-n2c(N)cc3ccccc3c2=O)c1. The second kappa shape index (κ2) is 4.94. The molecule has 0 atom stereocenters. The van der Waals surface area contributed by atoms with E-state index in [1.807, 2.05) is 6.07 Å². The summed E-state index contributed by atoms with van der Waals surface area (Å²) in [5, 5.41) is 1.20. The number of hydrogen-bond acceptors (Lipinski definition) is 3. The van der Waals surface area contributed by atoms with Gasteiger partial charge >= 0.3 is 0 Å². The molecule has 1 aromatic heterocycles. The molecule has 0 aliphatic rings. The first-order valence-corrected chi connectivity index (χ1v) is 6.36. The fourth-order valence-corrected chi connectivity index (χ4v) is 2.32. The minimum Gasteiger partial charge on any atom is -0.497 e. The molecule has 0 saturated carbocycles. The lowest BCUT2D eigenvalue weighted by atomic mass is 10.1. The first-order chi connectivity index (χ1) is 10.1. The smallest absolute Gasteiger partial charge is 0.264 e. The van der Waals surface area contributed by atoms with Crippen LogP contribution in [0.25, 0.3) is 16.5 Å². The monoisotopic (exact) mass is 284 g/mol. The highest BCUT2D eigenvalue weighted by Crippen LogP contribution is 2.23. The largest absolute Gasteiger partial charge is 0.497 e. The van der Waals surface area contributed by atoms with Crippen molar-refractivity contribution in [3.8, 4) is 11.4 Å². The fourth-order valence-electron chi connectivity index (χ4n) is 2.32. The molecule has 1 heterocycles. The number of benzene rings is 2. The molecule has 4 nitrogen and oxygen atoms in total. The van der Waals surface area contributed by atoms with Gasteiger partial charge in [0.15, 0.2) is 0 Å². The Labute approximate surface area is 120 Å². The third kappa shape index (κ3) is 2.12. The topological polar surface area (TPSA) is 57.2 Å². The van der Waals surface area contributed by atoms with E-state index >= 15 is 0 Å². The van der Waals surface area contributed by atoms with Gasteiger partial charge < -0.3 is 10.5 Å². The molecule has 0 unspecified atom stereocenters. The summed E-state index contributed by atoms with van der Waals surface area (Å²) >= 11 is 0. The van der Waals surface area contributed by atoms with Crippen LogP contribution < -0.4 is 16.0 Å². The van der Waals surface area contributed by atoms with Crippen LogP contribution in [0.3, 0.4) is 0 Å². The van der Waals surface area contributed by atoms with Gasteiger partial charge in [0.05, 0.1) is 12.8 Å². The van der Waals surface area contributed by atoms with Crippen molar-refractivity contribution >= 4 is 16.6 Å². The van der Waals surface area contributed by atoms with Crippen molar-refractivity contribution < 1.29 is 9.13 Å². The molecule has 0 fully saturated rings. The van der Waals surface area contributed by atoms with E-state index in [1.165, 1.54) is 25.3 Å². The maximum atomic E-state index is 14.1. The predicted octanol–water partition coefficient (Wildman–Crippen LogP) is 2.72. The molecule has 0 aliphatic carbocycles. The predicted molar refractivity (Wildman–Crippen MR) is 80.5 cm³/mol. The third-order valence-electron chi connectivity index (χ3n) is 3.35. The number of anilines is 1. The summed E-state index contributed by atoms with van der Waals surface area (Å²) in [6.45, 7) is 0. The molecule has 3 aromatic rings. The Morgan fingerprint density at radius 1 is 1.14 bits per heavy atom. The number of nitrogen functional groups attached to an aromatic ring is 1. The summed E-state index contributed by atoms with van der Waals surface area (Å²) in [5.41, 5.74) is 5.64. The normalized spacial score (nSPS) is 10.8. The summed E-state index contributed by atoms with van der Waals surface area (Å²) in [7, 11) is 1.48. The van der Waals surface area contributed by atoms with Gasteiger partial charge in [-0.25, -0.2) is 4.39 Å². The summed E-state index contributed by atoms with van der Waals surface area (Å²) in [6.07, 6.45) is 0. The van der Waals surface area contributed by atoms with Crippen molar-refractivity contribution in [2.45, 2.75) is 0 Å². The second-order valence-corrected chi connectivity index (χ2v) is 4.61. The maximum absolute atomic E-state index is 14.1. The van der Waals surface area contributed by atoms with Crippen LogP contribution in [0, 0.1) is 5.82 Å². The third-order valence-corrected chi connectivity index (χ3v) is 3.35. The van der Waals surface area contributed by atoms with Crippen LogP contribution in [0.2, 0.25) is 0 Å². The van der Waals surface area contributed by atoms with E-state index in [2.05, 4.69) is 0 Å². The van der Waals surface area contributed by atoms with Crippen molar-refractivity contribution in [3.63, 3.8) is 0 Å². The number of halogens is 1. The van der Waals surface area contributed by atoms with Crippen LogP contribution in [0.5, 0.6) is 5.75 Å². The maximum Gasteiger partial charge on any atom is 0.264 e. The number of methoxy groups -OCH3 is 1. The zero-order chi connectivity index (χ0) is 15.0. The quantitative estimate of drug-likeness (QED) is 0.787. The van der Waals surface area contributed by atoms with Gasteiger partial charge in [-0.1, -0.05) is 18.2 Å². The molecule has 0 saturated heterocycles. The Morgan fingerprint density at radius 2 is 1.90 bits per heavy atom. The van der Waals surface area contributed by atoms with Crippen LogP contribution >= 0.6 is 0 Å². The molecule has 5 heteroatoms. The lowest BCUT2D eigenvalue weighted by Crippen LogP contribution is -2.22. The zero-order valence-corrected chi connectivity index (χ0v) is 11.3. The van der Waals surface area contributed by atoms with Crippen molar-refractivity contribution in [3.05, 3.63) is 64.7 Å². The number of aromatic nitrogens is 1. The van der Waals surface area contributed by atoms with Gasteiger partial charge in [0.1, 0.15) is 17.4 Å². The highest BCUT2D eigenvalue weighted by atomic mass is 19.1. The molecule has 106 valence electrons. The van der Waals surface area contributed by atoms with E-state index < -0.39 is 5.82 Å². The van der Waals surface area contributed by atoms with E-state index in [9.17, 15) is 9.18 Å². The van der Waals surface area contributed by atoms with E-state index in [1.54, 1.807) is 24.3 Å². The number of rotatable bonds is 2. The number of hydrogen-bond donors (Lipinski definition) is 1. The van der Waals surface area contributed by atoms with Gasteiger partial charge in [-0.15, -0.1) is 0 Å². The first-order valence-electron chi connectivity index (χ1n) is 6.36. The van der Waals surface area contributed by atoms with Gasteiger partial charge in [0.25, 0.3) is 5.56 Å². The standard InChI is InChI=1S/C16H13FN2O2/c1-21-11-6-7-13(17)14(9-11)19-15(18)8-10-4-2-3-5-12(10)16(19)20/h2-9H,18H2,1H3. The summed E-state index contributed by atoms with van der Waals surface area (Å²) in [6, 6.07) is 12.9. The van der Waals surface area contributed by atoms with Gasteiger partial charge in [-0.05, 0) is 29.7 Å². The summed E-state index contributed by atoms with van der Waals surface area (Å²) in [5.74, 6) is 0.0802. The van der Waals surface area contributed by atoms with Gasteiger partial charge in [0, 0.05) is 11.5 Å². The first kappa shape index (κ1) is 13.2. The van der Waals surface area contributed by atoms with E-state index in [0.29, 0.717) is 11.1 Å². The molecule has 0 aliphatic heterocycles. The molecule has 0 amide bonds. The van der Waals surface area contributed by atoms with Crippen LogP contribution in [0.15, 0.2) is 53.3 Å². The Balaban J connectivity index is 2.38. The zero-order valence-electron chi connectivity index (χ0n) is 11.3. The highest BCUT2D eigenvalue weighted by molar-refractivity contribution is 5.84.